The first-order valence-corrected chi connectivity index (χ1v) is 8.56. The quantitative estimate of drug-likeness (QED) is 0.893. The van der Waals surface area contributed by atoms with E-state index in [1.54, 1.807) is 11.3 Å². The molecule has 1 N–H and O–H groups in total. The number of thiophene rings is 1. The van der Waals surface area contributed by atoms with Gasteiger partial charge in [-0.05, 0) is 38.9 Å². The Balaban J connectivity index is 1.58. The van der Waals surface area contributed by atoms with Crippen LogP contribution in [0.3, 0.4) is 0 Å². The SMILES string of the molecule is CC(CNCc1sc2ccccc2c1Cl)N1CCCC1. The third-order valence-electron chi connectivity index (χ3n) is 4.09. The van der Waals surface area contributed by atoms with Gasteiger partial charge in [0.25, 0.3) is 0 Å². The fourth-order valence-corrected chi connectivity index (χ4v) is 4.35. The third-order valence-corrected chi connectivity index (χ3v) is 5.81. The number of hydrogen-bond acceptors (Lipinski definition) is 3. The summed E-state index contributed by atoms with van der Waals surface area (Å²) in [7, 11) is 0. The summed E-state index contributed by atoms with van der Waals surface area (Å²) in [5, 5.41) is 5.67. The van der Waals surface area contributed by atoms with Crippen molar-refractivity contribution >= 4 is 33.0 Å². The fourth-order valence-electron chi connectivity index (χ4n) is 2.88. The summed E-state index contributed by atoms with van der Waals surface area (Å²) < 4.78 is 1.28. The van der Waals surface area contributed by atoms with Crippen LogP contribution in [0.25, 0.3) is 10.1 Å². The molecular weight excluding hydrogens is 288 g/mol. The van der Waals surface area contributed by atoms with Crippen molar-refractivity contribution in [2.75, 3.05) is 19.6 Å². The van der Waals surface area contributed by atoms with Crippen LogP contribution in [0.15, 0.2) is 24.3 Å². The Morgan fingerprint density at radius 3 is 2.80 bits per heavy atom. The van der Waals surface area contributed by atoms with Gasteiger partial charge in [0.15, 0.2) is 0 Å². The van der Waals surface area contributed by atoms with E-state index in [2.05, 4.69) is 35.3 Å². The second-order valence-electron chi connectivity index (χ2n) is 5.56. The molecule has 108 valence electrons. The van der Waals surface area contributed by atoms with Gasteiger partial charge in [-0.1, -0.05) is 29.8 Å². The predicted molar refractivity (Wildman–Crippen MR) is 88.8 cm³/mol. The van der Waals surface area contributed by atoms with Crippen LogP contribution in [0.4, 0.5) is 0 Å². The maximum Gasteiger partial charge on any atom is 0.0636 e. The molecule has 0 spiro atoms. The molecule has 1 atom stereocenters. The van der Waals surface area contributed by atoms with Crippen molar-refractivity contribution in [3.05, 3.63) is 34.2 Å². The van der Waals surface area contributed by atoms with Gasteiger partial charge < -0.3 is 5.32 Å². The lowest BCUT2D eigenvalue weighted by molar-refractivity contribution is 0.252. The number of rotatable bonds is 5. The number of likely N-dealkylation sites (tertiary alicyclic amines) is 1. The maximum absolute atomic E-state index is 6.46. The van der Waals surface area contributed by atoms with Crippen molar-refractivity contribution in [2.24, 2.45) is 0 Å². The highest BCUT2D eigenvalue weighted by Gasteiger charge is 2.17. The molecule has 0 aliphatic carbocycles. The highest BCUT2D eigenvalue weighted by molar-refractivity contribution is 7.19. The van der Waals surface area contributed by atoms with Gasteiger partial charge in [0, 0.05) is 34.1 Å². The normalized spacial score (nSPS) is 17.9. The Kier molecular flexibility index (Phi) is 4.61. The van der Waals surface area contributed by atoms with Crippen molar-refractivity contribution in [2.45, 2.75) is 32.4 Å². The first kappa shape index (κ1) is 14.3. The van der Waals surface area contributed by atoms with E-state index in [4.69, 9.17) is 11.6 Å². The fraction of sp³-hybridized carbons (Fsp3) is 0.500. The number of hydrogen-bond donors (Lipinski definition) is 1. The largest absolute Gasteiger partial charge is 0.310 e. The summed E-state index contributed by atoms with van der Waals surface area (Å²) in [6.45, 7) is 6.73. The van der Waals surface area contributed by atoms with Crippen LogP contribution in [0.2, 0.25) is 5.02 Å². The molecular formula is C16H21ClN2S. The van der Waals surface area contributed by atoms with E-state index in [-0.39, 0.29) is 0 Å². The van der Waals surface area contributed by atoms with Gasteiger partial charge in [-0.3, -0.25) is 4.90 Å². The zero-order valence-electron chi connectivity index (χ0n) is 11.9. The molecule has 1 unspecified atom stereocenters. The van der Waals surface area contributed by atoms with E-state index < -0.39 is 0 Å². The standard InChI is InChI=1S/C16H21ClN2S/c1-12(19-8-4-5-9-19)10-18-11-15-16(17)13-6-2-3-7-14(13)20-15/h2-3,6-7,12,18H,4-5,8-11H2,1H3. The lowest BCUT2D eigenvalue weighted by Gasteiger charge is -2.23. The van der Waals surface area contributed by atoms with Crippen LogP contribution in [0, 0.1) is 0 Å². The number of halogens is 1. The minimum Gasteiger partial charge on any atom is -0.310 e. The Morgan fingerprint density at radius 2 is 2.05 bits per heavy atom. The topological polar surface area (TPSA) is 15.3 Å². The van der Waals surface area contributed by atoms with E-state index in [1.807, 2.05) is 6.07 Å². The summed E-state index contributed by atoms with van der Waals surface area (Å²) >= 11 is 8.26. The molecule has 2 nitrogen and oxygen atoms in total. The van der Waals surface area contributed by atoms with E-state index in [9.17, 15) is 0 Å². The Bertz CT molecular complexity index is 575. The van der Waals surface area contributed by atoms with Crippen LogP contribution in [0.5, 0.6) is 0 Å². The molecule has 0 bridgehead atoms. The third kappa shape index (κ3) is 3.01. The average Bonchev–Trinajstić information content (AvgIpc) is 3.09. The molecule has 2 aromatic rings. The summed E-state index contributed by atoms with van der Waals surface area (Å²) in [6.07, 6.45) is 2.71. The minimum atomic E-state index is 0.616. The van der Waals surface area contributed by atoms with E-state index in [1.165, 1.54) is 40.9 Å². The van der Waals surface area contributed by atoms with Gasteiger partial charge in [0.2, 0.25) is 0 Å². The Morgan fingerprint density at radius 1 is 1.30 bits per heavy atom. The number of fused-ring (bicyclic) bond motifs is 1. The summed E-state index contributed by atoms with van der Waals surface area (Å²) in [4.78, 5) is 3.82. The number of nitrogens with zero attached hydrogens (tertiary/aromatic N) is 1. The molecule has 1 saturated heterocycles. The van der Waals surface area contributed by atoms with Gasteiger partial charge in [0.05, 0.1) is 5.02 Å². The first-order valence-electron chi connectivity index (χ1n) is 7.36. The summed E-state index contributed by atoms with van der Waals surface area (Å²) in [5.74, 6) is 0. The number of nitrogens with one attached hydrogen (secondary N) is 1. The van der Waals surface area contributed by atoms with Crippen LogP contribution < -0.4 is 5.32 Å². The van der Waals surface area contributed by atoms with Gasteiger partial charge in [-0.25, -0.2) is 0 Å². The Labute approximate surface area is 129 Å². The molecule has 1 fully saturated rings. The van der Waals surface area contributed by atoms with E-state index in [0.717, 1.165) is 18.1 Å². The zero-order chi connectivity index (χ0) is 13.9. The lowest BCUT2D eigenvalue weighted by atomic mass is 10.2. The smallest absolute Gasteiger partial charge is 0.0636 e. The molecule has 2 heterocycles. The van der Waals surface area contributed by atoms with Crippen LogP contribution >= 0.6 is 22.9 Å². The van der Waals surface area contributed by atoms with Gasteiger partial charge in [0.1, 0.15) is 0 Å². The van der Waals surface area contributed by atoms with Crippen LogP contribution in [-0.4, -0.2) is 30.6 Å². The van der Waals surface area contributed by atoms with Crippen molar-refractivity contribution in [1.82, 2.24) is 10.2 Å². The first-order chi connectivity index (χ1) is 9.75. The molecule has 1 aliphatic heterocycles. The summed E-state index contributed by atoms with van der Waals surface area (Å²) in [5.41, 5.74) is 0. The van der Waals surface area contributed by atoms with Crippen molar-refractivity contribution in [3.63, 3.8) is 0 Å². The second-order valence-corrected chi connectivity index (χ2v) is 7.07. The molecule has 20 heavy (non-hydrogen) atoms. The molecule has 0 saturated carbocycles. The molecule has 0 amide bonds. The number of benzene rings is 1. The predicted octanol–water partition coefficient (Wildman–Crippen LogP) is 4.13. The molecule has 1 aromatic carbocycles. The molecule has 4 heteroatoms. The van der Waals surface area contributed by atoms with Gasteiger partial charge >= 0.3 is 0 Å². The maximum atomic E-state index is 6.46. The lowest BCUT2D eigenvalue weighted by Crippen LogP contribution is -2.38. The van der Waals surface area contributed by atoms with Gasteiger partial charge in [-0.2, -0.15) is 0 Å². The molecule has 0 radical (unpaired) electrons. The van der Waals surface area contributed by atoms with Crippen LogP contribution in [0.1, 0.15) is 24.6 Å². The highest BCUT2D eigenvalue weighted by atomic mass is 35.5. The minimum absolute atomic E-state index is 0.616. The van der Waals surface area contributed by atoms with Crippen LogP contribution in [-0.2, 0) is 6.54 Å². The molecule has 1 aromatic heterocycles. The average molecular weight is 309 g/mol. The van der Waals surface area contributed by atoms with Crippen molar-refractivity contribution in [3.8, 4) is 0 Å². The zero-order valence-corrected chi connectivity index (χ0v) is 13.4. The van der Waals surface area contributed by atoms with Crippen molar-refractivity contribution in [1.29, 1.82) is 0 Å². The second kappa shape index (κ2) is 6.44. The highest BCUT2D eigenvalue weighted by Crippen LogP contribution is 2.34. The van der Waals surface area contributed by atoms with Crippen molar-refractivity contribution < 1.29 is 0 Å². The molecule has 1 aliphatic rings. The monoisotopic (exact) mass is 308 g/mol. The Hall–Kier alpha value is -0.610. The summed E-state index contributed by atoms with van der Waals surface area (Å²) in [6, 6.07) is 8.98. The van der Waals surface area contributed by atoms with E-state index in [0.29, 0.717) is 6.04 Å². The van der Waals surface area contributed by atoms with E-state index >= 15 is 0 Å². The van der Waals surface area contributed by atoms with Gasteiger partial charge in [-0.15, -0.1) is 11.3 Å². The molecule has 3 rings (SSSR count).